The minimum Gasteiger partial charge on any atom is -0.508 e. The Kier molecular flexibility index (Phi) is 5.25. The zero-order valence-corrected chi connectivity index (χ0v) is 14.3. The maximum Gasteiger partial charge on any atom is 0.342 e. The number of rotatable bonds is 6. The summed E-state index contributed by atoms with van der Waals surface area (Å²) >= 11 is 0. The first kappa shape index (κ1) is 18.2. The summed E-state index contributed by atoms with van der Waals surface area (Å²) in [7, 11) is 0. The maximum atomic E-state index is 12.0. The van der Waals surface area contributed by atoms with Crippen LogP contribution in [0.25, 0.3) is 0 Å². The zero-order chi connectivity index (χ0) is 19.4. The van der Waals surface area contributed by atoms with Gasteiger partial charge in [-0.3, -0.25) is 9.59 Å². The summed E-state index contributed by atoms with van der Waals surface area (Å²) in [5.41, 5.74) is 0.650. The summed E-state index contributed by atoms with van der Waals surface area (Å²) < 4.78 is 4.85. The first-order valence-corrected chi connectivity index (χ1v) is 8.32. The van der Waals surface area contributed by atoms with Gasteiger partial charge < -0.3 is 25.6 Å². The number of hydrogen-bond donors (Lipinski definition) is 4. The summed E-state index contributed by atoms with van der Waals surface area (Å²) in [5.74, 6) is -2.36. The van der Waals surface area contributed by atoms with E-state index in [0.717, 1.165) is 18.9 Å². The molecule has 2 aromatic carbocycles. The molecule has 0 heterocycles. The molecule has 0 radical (unpaired) electrons. The Hall–Kier alpha value is -3.55. The van der Waals surface area contributed by atoms with Crippen molar-refractivity contribution in [2.24, 2.45) is 0 Å². The lowest BCUT2D eigenvalue weighted by Crippen LogP contribution is -2.25. The number of amides is 2. The van der Waals surface area contributed by atoms with Crippen molar-refractivity contribution in [1.29, 1.82) is 0 Å². The third-order valence-corrected chi connectivity index (χ3v) is 3.86. The van der Waals surface area contributed by atoms with Gasteiger partial charge >= 0.3 is 5.97 Å². The standard InChI is InChI=1S/C19H18N2O6/c22-14-6-7-15(16(23)9-14)19(26)27-10-17(24)20-13-3-1-2-11(8-13)18(25)21-12-4-5-12/h1-3,6-9,12,22-23H,4-5,10H2,(H,20,24)(H,21,25). The van der Waals surface area contributed by atoms with E-state index >= 15 is 0 Å². The lowest BCUT2D eigenvalue weighted by molar-refractivity contribution is -0.119. The molecule has 1 saturated carbocycles. The fraction of sp³-hybridized carbons (Fsp3) is 0.211. The van der Waals surface area contributed by atoms with Crippen molar-refractivity contribution in [3.05, 3.63) is 53.6 Å². The molecule has 2 aromatic rings. The quantitative estimate of drug-likeness (QED) is 0.575. The number of carbonyl (C=O) groups excluding carboxylic acids is 3. The van der Waals surface area contributed by atoms with Gasteiger partial charge in [0.25, 0.3) is 11.8 Å². The highest BCUT2D eigenvalue weighted by molar-refractivity contribution is 5.99. The smallest absolute Gasteiger partial charge is 0.342 e. The summed E-state index contributed by atoms with van der Waals surface area (Å²) in [6.45, 7) is -0.572. The van der Waals surface area contributed by atoms with Crippen LogP contribution in [-0.2, 0) is 9.53 Å². The largest absolute Gasteiger partial charge is 0.508 e. The predicted molar refractivity (Wildman–Crippen MR) is 95.6 cm³/mol. The number of carbonyl (C=O) groups is 3. The number of phenols is 2. The molecular formula is C19H18N2O6. The Balaban J connectivity index is 1.54. The van der Waals surface area contributed by atoms with Crippen LogP contribution in [0.4, 0.5) is 5.69 Å². The first-order valence-electron chi connectivity index (χ1n) is 8.32. The van der Waals surface area contributed by atoms with Crippen LogP contribution in [0.15, 0.2) is 42.5 Å². The molecule has 0 bridgehead atoms. The molecule has 0 aliphatic heterocycles. The predicted octanol–water partition coefficient (Wildman–Crippen LogP) is 1.79. The van der Waals surface area contributed by atoms with E-state index in [4.69, 9.17) is 4.74 Å². The molecule has 8 nitrogen and oxygen atoms in total. The minimum absolute atomic E-state index is 0.167. The molecule has 4 N–H and O–H groups in total. The molecule has 1 aliphatic carbocycles. The van der Waals surface area contributed by atoms with Gasteiger partial charge in [-0.15, -0.1) is 0 Å². The van der Waals surface area contributed by atoms with Gasteiger partial charge in [0.2, 0.25) is 0 Å². The van der Waals surface area contributed by atoms with Crippen LogP contribution in [0.5, 0.6) is 11.5 Å². The molecule has 0 saturated heterocycles. The molecule has 2 amide bonds. The zero-order valence-electron chi connectivity index (χ0n) is 14.3. The molecule has 0 aromatic heterocycles. The highest BCUT2D eigenvalue weighted by Gasteiger charge is 2.23. The van der Waals surface area contributed by atoms with E-state index in [-0.39, 0.29) is 23.3 Å². The van der Waals surface area contributed by atoms with Gasteiger partial charge in [0.1, 0.15) is 17.1 Å². The van der Waals surface area contributed by atoms with Crippen LogP contribution < -0.4 is 10.6 Å². The van der Waals surface area contributed by atoms with Gasteiger partial charge in [-0.25, -0.2) is 4.79 Å². The molecule has 8 heteroatoms. The number of esters is 1. The van der Waals surface area contributed by atoms with Crippen LogP contribution in [0, 0.1) is 0 Å². The fourth-order valence-corrected chi connectivity index (χ4v) is 2.33. The van der Waals surface area contributed by atoms with Crippen LogP contribution >= 0.6 is 0 Å². The van der Waals surface area contributed by atoms with Crippen molar-refractivity contribution >= 4 is 23.5 Å². The Morgan fingerprint density at radius 2 is 1.85 bits per heavy atom. The molecular weight excluding hydrogens is 352 g/mol. The average Bonchev–Trinajstić information content (AvgIpc) is 3.44. The number of anilines is 1. The highest BCUT2D eigenvalue weighted by atomic mass is 16.5. The molecule has 3 rings (SSSR count). The van der Waals surface area contributed by atoms with Crippen molar-refractivity contribution in [1.82, 2.24) is 5.32 Å². The fourth-order valence-electron chi connectivity index (χ4n) is 2.33. The third-order valence-electron chi connectivity index (χ3n) is 3.86. The van der Waals surface area contributed by atoms with Crippen molar-refractivity contribution in [2.75, 3.05) is 11.9 Å². The minimum atomic E-state index is -0.903. The van der Waals surface area contributed by atoms with Gasteiger partial charge in [0.15, 0.2) is 6.61 Å². The lowest BCUT2D eigenvalue weighted by atomic mass is 10.2. The van der Waals surface area contributed by atoms with Crippen LogP contribution in [-0.4, -0.2) is 40.6 Å². The second-order valence-corrected chi connectivity index (χ2v) is 6.15. The van der Waals surface area contributed by atoms with E-state index in [9.17, 15) is 24.6 Å². The van der Waals surface area contributed by atoms with Crippen molar-refractivity contribution in [3.8, 4) is 11.5 Å². The van der Waals surface area contributed by atoms with Gasteiger partial charge in [-0.05, 0) is 43.2 Å². The second kappa shape index (κ2) is 7.77. The Morgan fingerprint density at radius 3 is 2.56 bits per heavy atom. The lowest BCUT2D eigenvalue weighted by Gasteiger charge is -2.09. The van der Waals surface area contributed by atoms with E-state index in [0.29, 0.717) is 11.3 Å². The molecule has 1 fully saturated rings. The SMILES string of the molecule is O=C(COC(=O)c1ccc(O)cc1O)Nc1cccc(C(=O)NC2CC2)c1. The Morgan fingerprint density at radius 1 is 1.07 bits per heavy atom. The average molecular weight is 370 g/mol. The molecule has 0 unspecified atom stereocenters. The summed E-state index contributed by atoms with van der Waals surface area (Å²) in [6.07, 6.45) is 1.95. The van der Waals surface area contributed by atoms with Gasteiger partial charge in [0.05, 0.1) is 0 Å². The van der Waals surface area contributed by atoms with Crippen LogP contribution in [0.3, 0.4) is 0 Å². The van der Waals surface area contributed by atoms with Crippen molar-refractivity contribution < 1.29 is 29.3 Å². The monoisotopic (exact) mass is 370 g/mol. The van der Waals surface area contributed by atoms with E-state index in [1.54, 1.807) is 18.2 Å². The number of phenolic OH excluding ortho intramolecular Hbond substituents is 2. The highest BCUT2D eigenvalue weighted by Crippen LogP contribution is 2.23. The van der Waals surface area contributed by atoms with Gasteiger partial charge in [0, 0.05) is 23.4 Å². The van der Waals surface area contributed by atoms with Crippen LogP contribution in [0.2, 0.25) is 0 Å². The summed E-state index contributed by atoms with van der Waals surface area (Å²) in [6, 6.07) is 10.0. The number of nitrogens with one attached hydrogen (secondary N) is 2. The van der Waals surface area contributed by atoms with Crippen molar-refractivity contribution in [2.45, 2.75) is 18.9 Å². The Labute approximate surface area is 154 Å². The van der Waals surface area contributed by atoms with Crippen LogP contribution in [0.1, 0.15) is 33.6 Å². The molecule has 140 valence electrons. The first-order chi connectivity index (χ1) is 12.9. The van der Waals surface area contributed by atoms with Gasteiger partial charge in [-0.2, -0.15) is 0 Å². The normalized spacial score (nSPS) is 12.9. The number of hydrogen-bond acceptors (Lipinski definition) is 6. The molecule has 0 spiro atoms. The molecule has 1 aliphatic rings. The topological polar surface area (TPSA) is 125 Å². The van der Waals surface area contributed by atoms with Crippen molar-refractivity contribution in [3.63, 3.8) is 0 Å². The van der Waals surface area contributed by atoms with E-state index in [1.165, 1.54) is 18.2 Å². The van der Waals surface area contributed by atoms with E-state index in [1.807, 2.05) is 0 Å². The molecule has 27 heavy (non-hydrogen) atoms. The number of benzene rings is 2. The van der Waals surface area contributed by atoms with E-state index < -0.39 is 24.2 Å². The summed E-state index contributed by atoms with van der Waals surface area (Å²) in [4.78, 5) is 35.9. The Bertz CT molecular complexity index is 892. The molecule has 0 atom stereocenters. The maximum absolute atomic E-state index is 12.0. The second-order valence-electron chi connectivity index (χ2n) is 6.15. The van der Waals surface area contributed by atoms with Gasteiger partial charge in [-0.1, -0.05) is 6.07 Å². The number of aromatic hydroxyl groups is 2. The third kappa shape index (κ3) is 4.97. The van der Waals surface area contributed by atoms with E-state index in [2.05, 4.69) is 10.6 Å². The number of ether oxygens (including phenoxy) is 1. The summed E-state index contributed by atoms with van der Waals surface area (Å²) in [5, 5.41) is 24.2.